The zero-order valence-corrected chi connectivity index (χ0v) is 30.0. The fourth-order valence-electron chi connectivity index (χ4n) is 6.23. The maximum atomic E-state index is 15.6. The molecule has 0 spiro atoms. The minimum Gasteiger partial charge on any atom is -0.444 e. The van der Waals surface area contributed by atoms with Crippen molar-refractivity contribution in [1.29, 1.82) is 0 Å². The standard InChI is InChI=1S/C37H38F3N7O5S/c1-37(2,3)52-36(49)46-17-18-47(53(50,51)29-13-5-4-6-14-29)28(23-46)15-16-30-31(40)21-42-22-32(30)43-35(48)34(44-45-41)33(24-9-7-11-26(38)19-24)25-10-8-12-27(39)20-25/h4-14,19-22,28,33-34H,15-18,23H2,1-3H3,(H,43,48)/t28-,34-/m0/s1. The van der Waals surface area contributed by atoms with Gasteiger partial charge >= 0.3 is 6.09 Å². The fourth-order valence-corrected chi connectivity index (χ4v) is 7.89. The highest BCUT2D eigenvalue weighted by Gasteiger charge is 2.39. The van der Waals surface area contributed by atoms with Gasteiger partial charge in [0.2, 0.25) is 15.9 Å². The average Bonchev–Trinajstić information content (AvgIpc) is 3.11. The van der Waals surface area contributed by atoms with E-state index in [2.05, 4.69) is 20.3 Å². The summed E-state index contributed by atoms with van der Waals surface area (Å²) in [6.07, 6.45) is 1.38. The Balaban J connectivity index is 1.45. The predicted octanol–water partition coefficient (Wildman–Crippen LogP) is 7.19. The van der Waals surface area contributed by atoms with Crippen molar-refractivity contribution in [2.45, 2.75) is 62.1 Å². The normalized spacial score (nSPS) is 15.8. The van der Waals surface area contributed by atoms with Gasteiger partial charge in [-0.3, -0.25) is 9.78 Å². The van der Waals surface area contributed by atoms with E-state index >= 15 is 4.39 Å². The monoisotopic (exact) mass is 749 g/mol. The molecule has 1 N–H and O–H groups in total. The van der Waals surface area contributed by atoms with Gasteiger partial charge in [0.05, 0.1) is 23.0 Å². The first-order chi connectivity index (χ1) is 25.2. The van der Waals surface area contributed by atoms with Crippen LogP contribution in [0, 0.1) is 17.5 Å². The van der Waals surface area contributed by atoms with Gasteiger partial charge < -0.3 is 15.0 Å². The first-order valence-corrected chi connectivity index (χ1v) is 18.1. The Morgan fingerprint density at radius 3 is 2.21 bits per heavy atom. The van der Waals surface area contributed by atoms with E-state index in [0.717, 1.165) is 18.3 Å². The van der Waals surface area contributed by atoms with E-state index in [1.54, 1.807) is 39.0 Å². The second-order valence-corrected chi connectivity index (χ2v) is 15.3. The molecule has 1 fully saturated rings. The van der Waals surface area contributed by atoms with Gasteiger partial charge in [0.15, 0.2) is 0 Å². The number of azide groups is 1. The molecule has 16 heteroatoms. The number of sulfonamides is 1. The number of nitrogens with zero attached hydrogens (tertiary/aromatic N) is 6. The summed E-state index contributed by atoms with van der Waals surface area (Å²) in [4.78, 5) is 35.2. The molecule has 278 valence electrons. The average molecular weight is 750 g/mol. The van der Waals surface area contributed by atoms with E-state index in [-0.39, 0.29) is 59.7 Å². The molecule has 5 rings (SSSR count). The lowest BCUT2D eigenvalue weighted by Crippen LogP contribution is -2.57. The van der Waals surface area contributed by atoms with Crippen LogP contribution in [0.25, 0.3) is 10.4 Å². The zero-order valence-electron chi connectivity index (χ0n) is 29.2. The number of piperazine rings is 1. The van der Waals surface area contributed by atoms with Gasteiger partial charge in [0.1, 0.15) is 29.1 Å². The van der Waals surface area contributed by atoms with Gasteiger partial charge in [0.25, 0.3) is 0 Å². The molecule has 53 heavy (non-hydrogen) atoms. The highest BCUT2D eigenvalue weighted by molar-refractivity contribution is 7.89. The third kappa shape index (κ3) is 9.52. The molecule has 2 atom stereocenters. The minimum atomic E-state index is -4.05. The maximum Gasteiger partial charge on any atom is 0.410 e. The van der Waals surface area contributed by atoms with Crippen LogP contribution in [-0.2, 0) is 26.0 Å². The van der Waals surface area contributed by atoms with Crippen LogP contribution in [-0.4, -0.2) is 71.9 Å². The van der Waals surface area contributed by atoms with Crippen molar-refractivity contribution in [1.82, 2.24) is 14.2 Å². The van der Waals surface area contributed by atoms with Crippen LogP contribution < -0.4 is 5.32 Å². The lowest BCUT2D eigenvalue weighted by atomic mass is 9.84. The highest BCUT2D eigenvalue weighted by atomic mass is 32.2. The van der Waals surface area contributed by atoms with Gasteiger partial charge in [-0.15, -0.1) is 0 Å². The van der Waals surface area contributed by atoms with Crippen LogP contribution in [0.5, 0.6) is 0 Å². The molecular formula is C37H38F3N7O5S. The van der Waals surface area contributed by atoms with Crippen molar-refractivity contribution >= 4 is 27.7 Å². The Bertz CT molecular complexity index is 2070. The summed E-state index contributed by atoms with van der Waals surface area (Å²) in [6, 6.07) is 15.8. The van der Waals surface area contributed by atoms with Crippen LogP contribution in [0.3, 0.4) is 0 Å². The van der Waals surface area contributed by atoms with Crippen LogP contribution in [0.15, 0.2) is 101 Å². The van der Waals surface area contributed by atoms with Crippen molar-refractivity contribution in [2.75, 3.05) is 25.0 Å². The van der Waals surface area contributed by atoms with Gasteiger partial charge in [-0.2, -0.15) is 4.31 Å². The van der Waals surface area contributed by atoms with Crippen LogP contribution in [0.2, 0.25) is 0 Å². The molecule has 1 saturated heterocycles. The zero-order chi connectivity index (χ0) is 38.3. The van der Waals surface area contributed by atoms with Gasteiger partial charge in [-0.25, -0.2) is 26.4 Å². The molecule has 2 amide bonds. The molecule has 4 aromatic rings. The number of pyridine rings is 1. The van der Waals surface area contributed by atoms with E-state index < -0.39 is 63.1 Å². The highest BCUT2D eigenvalue weighted by Crippen LogP contribution is 2.33. The number of aromatic nitrogens is 1. The molecule has 1 aliphatic heterocycles. The third-order valence-electron chi connectivity index (χ3n) is 8.60. The smallest absolute Gasteiger partial charge is 0.410 e. The number of rotatable bonds is 11. The maximum absolute atomic E-state index is 15.6. The number of halogens is 3. The number of carbonyl (C=O) groups excluding carboxylic acids is 2. The van der Waals surface area contributed by atoms with Crippen molar-refractivity contribution in [2.24, 2.45) is 5.11 Å². The lowest BCUT2D eigenvalue weighted by molar-refractivity contribution is -0.117. The van der Waals surface area contributed by atoms with E-state index in [9.17, 15) is 32.3 Å². The first kappa shape index (κ1) is 38.8. The van der Waals surface area contributed by atoms with Gasteiger partial charge in [-0.05, 0) is 86.7 Å². The lowest BCUT2D eigenvalue weighted by Gasteiger charge is -2.41. The topological polar surface area (TPSA) is 158 Å². The number of hydrogen-bond acceptors (Lipinski definition) is 7. The SMILES string of the molecule is CC(C)(C)OC(=O)N1CCN(S(=O)(=O)c2ccccc2)[C@@H](CCc2c(F)cncc2NC(=O)[C@@H](N=[N+]=[N-])C(c2cccc(F)c2)c2cccc(F)c2)C1. The second-order valence-electron chi connectivity index (χ2n) is 13.4. The molecule has 0 radical (unpaired) electrons. The summed E-state index contributed by atoms with van der Waals surface area (Å²) < 4.78 is 78.9. The quantitative estimate of drug-likeness (QED) is 0.0972. The summed E-state index contributed by atoms with van der Waals surface area (Å²) in [7, 11) is -4.05. The predicted molar refractivity (Wildman–Crippen MR) is 191 cm³/mol. The number of carbonyl (C=O) groups is 2. The molecule has 0 unspecified atom stereocenters. The molecule has 1 aliphatic rings. The number of anilines is 1. The van der Waals surface area contributed by atoms with Crippen LogP contribution >= 0.6 is 0 Å². The number of benzene rings is 3. The Morgan fingerprint density at radius 1 is 0.981 bits per heavy atom. The molecule has 1 aromatic heterocycles. The summed E-state index contributed by atoms with van der Waals surface area (Å²) in [5, 5.41) is 6.29. The Morgan fingerprint density at radius 2 is 1.62 bits per heavy atom. The molecule has 0 bridgehead atoms. The summed E-state index contributed by atoms with van der Waals surface area (Å²) in [5.74, 6) is -4.17. The number of nitrogens with one attached hydrogen (secondary N) is 1. The van der Waals surface area contributed by atoms with Crippen molar-refractivity contribution in [3.05, 3.63) is 136 Å². The first-order valence-electron chi connectivity index (χ1n) is 16.7. The summed E-state index contributed by atoms with van der Waals surface area (Å²) in [6.45, 7) is 5.08. The molecule has 0 saturated carbocycles. The fraction of sp³-hybridized carbons (Fsp3) is 0.324. The molecule has 0 aliphatic carbocycles. The Labute approximate surface area is 305 Å². The number of ether oxygens (including phenoxy) is 1. The third-order valence-corrected chi connectivity index (χ3v) is 10.6. The van der Waals surface area contributed by atoms with Crippen molar-refractivity contribution < 1.29 is 35.9 Å². The Hall–Kier alpha value is -5.44. The number of amides is 2. The van der Waals surface area contributed by atoms with Gasteiger partial charge in [0, 0.05) is 42.1 Å². The molecular weight excluding hydrogens is 712 g/mol. The summed E-state index contributed by atoms with van der Waals surface area (Å²) >= 11 is 0. The minimum absolute atomic E-state index is 0.00412. The van der Waals surface area contributed by atoms with E-state index in [4.69, 9.17) is 4.74 Å². The molecule has 12 nitrogen and oxygen atoms in total. The van der Waals surface area contributed by atoms with Crippen molar-refractivity contribution in [3.63, 3.8) is 0 Å². The van der Waals surface area contributed by atoms with Crippen LogP contribution in [0.1, 0.15) is 49.8 Å². The van der Waals surface area contributed by atoms with Crippen molar-refractivity contribution in [3.8, 4) is 0 Å². The number of hydrogen-bond donors (Lipinski definition) is 1. The molecule has 3 aromatic carbocycles. The largest absolute Gasteiger partial charge is 0.444 e. The van der Waals surface area contributed by atoms with E-state index in [1.165, 1.54) is 63.9 Å². The van der Waals surface area contributed by atoms with Crippen LogP contribution in [0.4, 0.5) is 23.7 Å². The summed E-state index contributed by atoms with van der Waals surface area (Å²) in [5.41, 5.74) is 8.99. The Kier molecular flexibility index (Phi) is 12.1. The molecule has 2 heterocycles. The van der Waals surface area contributed by atoms with E-state index in [0.29, 0.717) is 0 Å². The van der Waals surface area contributed by atoms with Gasteiger partial charge in [-0.1, -0.05) is 47.6 Å². The van der Waals surface area contributed by atoms with E-state index in [1.807, 2.05) is 0 Å². The second kappa shape index (κ2) is 16.5.